The maximum Gasteiger partial charge on any atom is 0.228 e. The smallest absolute Gasteiger partial charge is 0.228 e. The first-order valence-electron chi connectivity index (χ1n) is 9.86. The van der Waals surface area contributed by atoms with Crippen LogP contribution in [0.25, 0.3) is 27.8 Å². The normalized spacial score (nSPS) is 14.5. The number of carbonyl (C=O) groups is 1. The summed E-state index contributed by atoms with van der Waals surface area (Å²) < 4.78 is 22.6. The zero-order valence-corrected chi connectivity index (χ0v) is 17.9. The maximum absolute atomic E-state index is 15.4. The number of carbonyl (C=O) groups excluding carboxylic acids is 1. The highest BCUT2D eigenvalue weighted by atomic mass is 35.5. The summed E-state index contributed by atoms with van der Waals surface area (Å²) in [6.07, 6.45) is 8.35. The van der Waals surface area contributed by atoms with E-state index >= 15 is 4.39 Å². The van der Waals surface area contributed by atoms with E-state index < -0.39 is 11.4 Å². The number of anilines is 1. The van der Waals surface area contributed by atoms with Gasteiger partial charge in [0.1, 0.15) is 0 Å². The molecule has 1 fully saturated rings. The zero-order chi connectivity index (χ0) is 21.9. The monoisotopic (exact) mass is 442 g/mol. The average Bonchev–Trinajstić information content (AvgIpc) is 3.36. The quantitative estimate of drug-likeness (QED) is 0.480. The van der Waals surface area contributed by atoms with Crippen LogP contribution in [0, 0.1) is 11.7 Å². The molecule has 0 unspecified atom stereocenters. The summed E-state index contributed by atoms with van der Waals surface area (Å²) in [5.74, 6) is -0.105. The van der Waals surface area contributed by atoms with Gasteiger partial charge in [-0.3, -0.25) is 14.9 Å². The van der Waals surface area contributed by atoms with Gasteiger partial charge in [-0.05, 0) is 26.7 Å². The lowest BCUT2D eigenvalue weighted by molar-refractivity contribution is -0.117. The summed E-state index contributed by atoms with van der Waals surface area (Å²) in [6, 6.07) is 0. The van der Waals surface area contributed by atoms with E-state index in [0.29, 0.717) is 39.2 Å². The summed E-state index contributed by atoms with van der Waals surface area (Å²) in [5.41, 5.74) is 1.28. The van der Waals surface area contributed by atoms with E-state index in [1.165, 1.54) is 7.11 Å². The third kappa shape index (κ3) is 3.24. The highest BCUT2D eigenvalue weighted by molar-refractivity contribution is 6.35. The molecular weight excluding hydrogens is 423 g/mol. The molecular formula is C21H20ClFN6O2. The van der Waals surface area contributed by atoms with Crippen LogP contribution in [0.3, 0.4) is 0 Å². The molecule has 1 saturated carbocycles. The Labute approximate surface area is 181 Å². The van der Waals surface area contributed by atoms with Gasteiger partial charge in [0.05, 0.1) is 40.4 Å². The average molecular weight is 443 g/mol. The van der Waals surface area contributed by atoms with Crippen LogP contribution in [0.15, 0.2) is 24.8 Å². The van der Waals surface area contributed by atoms with Crippen molar-refractivity contribution < 1.29 is 13.9 Å². The zero-order valence-electron chi connectivity index (χ0n) is 17.2. The molecule has 1 aliphatic rings. The third-order valence-corrected chi connectivity index (χ3v) is 6.05. The van der Waals surface area contributed by atoms with Crippen molar-refractivity contribution in [1.29, 1.82) is 0 Å². The van der Waals surface area contributed by atoms with E-state index in [1.54, 1.807) is 43.0 Å². The molecule has 1 aromatic carbocycles. The van der Waals surface area contributed by atoms with Crippen molar-refractivity contribution in [3.8, 4) is 11.3 Å². The van der Waals surface area contributed by atoms with E-state index in [-0.39, 0.29) is 16.8 Å². The van der Waals surface area contributed by atoms with Crippen molar-refractivity contribution in [3.05, 3.63) is 41.2 Å². The Balaban J connectivity index is 1.63. The number of fused-ring (bicyclic) bond motifs is 2. The van der Waals surface area contributed by atoms with Gasteiger partial charge in [0.2, 0.25) is 5.91 Å². The molecule has 1 aliphatic carbocycles. The number of amides is 1. The van der Waals surface area contributed by atoms with Crippen molar-refractivity contribution in [3.63, 3.8) is 0 Å². The second-order valence-corrected chi connectivity index (χ2v) is 8.56. The van der Waals surface area contributed by atoms with Crippen LogP contribution in [0.5, 0.6) is 0 Å². The Morgan fingerprint density at radius 2 is 2.13 bits per heavy atom. The summed E-state index contributed by atoms with van der Waals surface area (Å²) in [5, 5.41) is 10.3. The van der Waals surface area contributed by atoms with Crippen LogP contribution in [-0.4, -0.2) is 37.6 Å². The molecule has 8 nitrogen and oxygen atoms in total. The number of rotatable bonds is 5. The number of benzene rings is 1. The number of hydrogen-bond donors (Lipinski definition) is 2. The Morgan fingerprint density at radius 3 is 2.84 bits per heavy atom. The minimum atomic E-state index is -0.923. The lowest BCUT2D eigenvalue weighted by Crippen LogP contribution is -2.22. The molecule has 1 amide bonds. The summed E-state index contributed by atoms with van der Waals surface area (Å²) in [7, 11) is 1.51. The molecule has 31 heavy (non-hydrogen) atoms. The number of methoxy groups -OCH3 is 1. The number of nitrogens with zero attached hydrogens (tertiary/aromatic N) is 4. The number of nitrogens with one attached hydrogen (secondary N) is 2. The number of ether oxygens (including phenoxy) is 1. The number of aromatic amines is 1. The fraction of sp³-hybridized carbons (Fsp3) is 0.333. The summed E-state index contributed by atoms with van der Waals surface area (Å²) >= 11 is 6.50. The van der Waals surface area contributed by atoms with Crippen LogP contribution in [-0.2, 0) is 15.1 Å². The molecule has 0 saturated heterocycles. The van der Waals surface area contributed by atoms with E-state index in [4.69, 9.17) is 16.3 Å². The minimum Gasteiger partial charge on any atom is -0.374 e. The first-order chi connectivity index (χ1) is 14.8. The fourth-order valence-corrected chi connectivity index (χ4v) is 3.99. The Bertz CT molecular complexity index is 1340. The van der Waals surface area contributed by atoms with E-state index in [2.05, 4.69) is 25.5 Å². The Morgan fingerprint density at radius 1 is 1.35 bits per heavy atom. The second kappa shape index (κ2) is 7.00. The number of halogens is 2. The molecule has 160 valence electrons. The van der Waals surface area contributed by atoms with E-state index in [9.17, 15) is 4.79 Å². The molecule has 3 heterocycles. The van der Waals surface area contributed by atoms with Crippen LogP contribution >= 0.6 is 11.6 Å². The van der Waals surface area contributed by atoms with E-state index in [1.807, 2.05) is 0 Å². The predicted molar refractivity (Wildman–Crippen MR) is 114 cm³/mol. The number of hydrogen-bond acceptors (Lipinski definition) is 5. The topological polar surface area (TPSA) is 97.2 Å². The summed E-state index contributed by atoms with van der Waals surface area (Å²) in [4.78, 5) is 20.8. The Kier molecular flexibility index (Phi) is 4.49. The first kappa shape index (κ1) is 19.9. The fourth-order valence-electron chi connectivity index (χ4n) is 3.69. The predicted octanol–water partition coefficient (Wildman–Crippen LogP) is 4.30. The second-order valence-electron chi connectivity index (χ2n) is 8.18. The molecule has 4 aromatic rings. The maximum atomic E-state index is 15.4. The minimum absolute atomic E-state index is 0.0295. The van der Waals surface area contributed by atoms with Crippen molar-refractivity contribution in [2.24, 2.45) is 5.92 Å². The van der Waals surface area contributed by atoms with E-state index in [0.717, 1.165) is 12.8 Å². The molecule has 2 N–H and O–H groups in total. The lowest BCUT2D eigenvalue weighted by atomic mass is 9.92. The van der Waals surface area contributed by atoms with Gasteiger partial charge in [-0.1, -0.05) is 11.6 Å². The van der Waals surface area contributed by atoms with Crippen LogP contribution in [0.2, 0.25) is 5.02 Å². The molecule has 10 heteroatoms. The van der Waals surface area contributed by atoms with Gasteiger partial charge in [0, 0.05) is 35.7 Å². The van der Waals surface area contributed by atoms with Crippen LogP contribution in [0.1, 0.15) is 32.3 Å². The van der Waals surface area contributed by atoms with Crippen molar-refractivity contribution in [2.45, 2.75) is 32.3 Å². The van der Waals surface area contributed by atoms with Crippen LogP contribution < -0.4 is 5.32 Å². The third-order valence-electron chi connectivity index (χ3n) is 5.70. The molecule has 0 aliphatic heterocycles. The molecule has 0 spiro atoms. The van der Waals surface area contributed by atoms with Crippen molar-refractivity contribution >= 4 is 39.9 Å². The molecule has 5 rings (SSSR count). The van der Waals surface area contributed by atoms with Gasteiger partial charge in [-0.2, -0.15) is 5.10 Å². The van der Waals surface area contributed by atoms with Gasteiger partial charge in [0.25, 0.3) is 0 Å². The van der Waals surface area contributed by atoms with Gasteiger partial charge in [-0.25, -0.2) is 9.37 Å². The number of imidazole rings is 1. The number of aromatic nitrogens is 5. The first-order valence-corrected chi connectivity index (χ1v) is 10.2. The van der Waals surface area contributed by atoms with Crippen LogP contribution in [0.4, 0.5) is 10.2 Å². The molecule has 3 aromatic heterocycles. The van der Waals surface area contributed by atoms with Crippen molar-refractivity contribution in [2.75, 3.05) is 12.4 Å². The van der Waals surface area contributed by atoms with Gasteiger partial charge >= 0.3 is 0 Å². The standard InChI is InChI=1S/C21H20ClFN6O2/c1-21(2,31-3)16-18(23)17(22)15(11-6-25-28-19(11)16)12-8-29-9-13(26-14(29)7-24-12)27-20(30)10-4-5-10/h6-10H,4-5H2,1-3H3,(H,25,28)(H,27,30). The Hall–Kier alpha value is -3.04. The van der Waals surface area contributed by atoms with Gasteiger partial charge in [-0.15, -0.1) is 0 Å². The lowest BCUT2D eigenvalue weighted by Gasteiger charge is -2.25. The van der Waals surface area contributed by atoms with Crippen molar-refractivity contribution in [1.82, 2.24) is 24.6 Å². The highest BCUT2D eigenvalue weighted by Crippen LogP contribution is 2.42. The van der Waals surface area contributed by atoms with Gasteiger partial charge < -0.3 is 14.5 Å². The number of H-pyrrole nitrogens is 1. The molecule has 0 bridgehead atoms. The largest absolute Gasteiger partial charge is 0.374 e. The molecule has 0 radical (unpaired) electrons. The SMILES string of the molecule is COC(C)(C)c1c(F)c(Cl)c(-c2cn3cc(NC(=O)C4CC4)nc3cn2)c2cn[nH]c12. The highest BCUT2D eigenvalue weighted by Gasteiger charge is 2.32. The molecule has 0 atom stereocenters. The summed E-state index contributed by atoms with van der Waals surface area (Å²) in [6.45, 7) is 3.52. The van der Waals surface area contributed by atoms with Gasteiger partial charge in [0.15, 0.2) is 17.3 Å².